The molecule has 0 aliphatic carbocycles. The van der Waals surface area contributed by atoms with Crippen molar-refractivity contribution in [3.8, 4) is 22.7 Å². The van der Waals surface area contributed by atoms with Gasteiger partial charge in [-0.05, 0) is 43.3 Å². The summed E-state index contributed by atoms with van der Waals surface area (Å²) in [6.07, 6.45) is 2.51. The fourth-order valence-electron chi connectivity index (χ4n) is 2.54. The third-order valence-electron chi connectivity index (χ3n) is 3.94. The van der Waals surface area contributed by atoms with Gasteiger partial charge in [0.15, 0.2) is 6.10 Å². The van der Waals surface area contributed by atoms with Crippen LogP contribution in [0.15, 0.2) is 69.9 Å². The molecular formula is C20H14ClN3O4. The van der Waals surface area contributed by atoms with Gasteiger partial charge in [-0.2, -0.15) is 4.98 Å². The lowest BCUT2D eigenvalue weighted by molar-refractivity contribution is 0.0231. The van der Waals surface area contributed by atoms with Gasteiger partial charge in [-0.3, -0.25) is 4.98 Å². The van der Waals surface area contributed by atoms with E-state index in [9.17, 15) is 4.79 Å². The molecule has 4 aromatic rings. The number of pyridine rings is 1. The Morgan fingerprint density at radius 2 is 2.00 bits per heavy atom. The van der Waals surface area contributed by atoms with Crippen molar-refractivity contribution in [1.29, 1.82) is 0 Å². The van der Waals surface area contributed by atoms with Gasteiger partial charge in [0, 0.05) is 23.5 Å². The Morgan fingerprint density at radius 1 is 1.14 bits per heavy atom. The molecule has 0 amide bonds. The number of halogens is 1. The average Bonchev–Trinajstić information content (AvgIpc) is 3.39. The quantitative estimate of drug-likeness (QED) is 0.441. The predicted molar refractivity (Wildman–Crippen MR) is 101 cm³/mol. The summed E-state index contributed by atoms with van der Waals surface area (Å²) in [5, 5.41) is 4.41. The molecule has 0 saturated heterocycles. The van der Waals surface area contributed by atoms with Crippen LogP contribution in [0.4, 0.5) is 0 Å². The number of ether oxygens (including phenoxy) is 1. The predicted octanol–water partition coefficient (Wildman–Crippen LogP) is 4.96. The van der Waals surface area contributed by atoms with E-state index >= 15 is 0 Å². The van der Waals surface area contributed by atoms with Gasteiger partial charge >= 0.3 is 5.97 Å². The van der Waals surface area contributed by atoms with Crippen molar-refractivity contribution in [2.45, 2.75) is 13.0 Å². The number of aromatic nitrogens is 3. The highest BCUT2D eigenvalue weighted by Crippen LogP contribution is 2.30. The maximum absolute atomic E-state index is 12.4. The second-order valence-corrected chi connectivity index (χ2v) is 6.30. The second-order valence-electron chi connectivity index (χ2n) is 5.89. The molecule has 1 atom stereocenters. The van der Waals surface area contributed by atoms with Crippen LogP contribution in [0.5, 0.6) is 0 Å². The molecule has 0 bridgehead atoms. The maximum Gasteiger partial charge on any atom is 0.375 e. The average molecular weight is 396 g/mol. The lowest BCUT2D eigenvalue weighted by atomic mass is 10.2. The van der Waals surface area contributed by atoms with Crippen LogP contribution in [0, 0.1) is 0 Å². The zero-order valence-electron chi connectivity index (χ0n) is 14.7. The molecule has 3 heterocycles. The first-order valence-corrected chi connectivity index (χ1v) is 8.79. The number of benzene rings is 1. The van der Waals surface area contributed by atoms with Crippen molar-refractivity contribution in [1.82, 2.24) is 15.1 Å². The first kappa shape index (κ1) is 17.9. The molecule has 140 valence electrons. The van der Waals surface area contributed by atoms with Crippen LogP contribution < -0.4 is 0 Å². The Hall–Kier alpha value is -3.45. The van der Waals surface area contributed by atoms with E-state index in [1.807, 2.05) is 12.1 Å². The molecule has 0 aliphatic heterocycles. The summed E-state index contributed by atoms with van der Waals surface area (Å²) in [5.41, 5.74) is 1.39. The fourth-order valence-corrected chi connectivity index (χ4v) is 2.76. The summed E-state index contributed by atoms with van der Waals surface area (Å²) in [6, 6.07) is 14.0. The Balaban J connectivity index is 1.47. The van der Waals surface area contributed by atoms with Crippen LogP contribution in [-0.2, 0) is 4.74 Å². The standard InChI is InChI=1S/C20H14ClN3O4/c1-12(19-23-18(24-28-19)13-5-4-10-22-11-13)26-20(25)17-9-8-16(27-17)14-6-2-3-7-15(14)21/h2-12H,1H3. The van der Waals surface area contributed by atoms with Crippen molar-refractivity contribution in [3.63, 3.8) is 0 Å². The summed E-state index contributed by atoms with van der Waals surface area (Å²) in [5.74, 6) is 0.414. The number of hydrogen-bond acceptors (Lipinski definition) is 7. The normalized spacial score (nSPS) is 11.9. The van der Waals surface area contributed by atoms with E-state index in [0.29, 0.717) is 27.7 Å². The number of carbonyl (C=O) groups is 1. The number of nitrogens with zero attached hydrogens (tertiary/aromatic N) is 3. The molecule has 0 radical (unpaired) electrons. The van der Waals surface area contributed by atoms with E-state index < -0.39 is 12.1 Å². The van der Waals surface area contributed by atoms with Crippen LogP contribution in [0.2, 0.25) is 5.02 Å². The van der Waals surface area contributed by atoms with Crippen molar-refractivity contribution < 1.29 is 18.5 Å². The molecule has 0 aliphatic rings. The smallest absolute Gasteiger partial charge is 0.375 e. The first-order chi connectivity index (χ1) is 13.6. The Labute approximate surface area is 164 Å². The minimum atomic E-state index is -0.751. The molecule has 8 heteroatoms. The molecule has 0 spiro atoms. The van der Waals surface area contributed by atoms with Crippen LogP contribution in [0.1, 0.15) is 29.5 Å². The second kappa shape index (κ2) is 7.66. The number of esters is 1. The number of hydrogen-bond donors (Lipinski definition) is 0. The lowest BCUT2D eigenvalue weighted by Crippen LogP contribution is -2.08. The minimum Gasteiger partial charge on any atom is -0.449 e. The van der Waals surface area contributed by atoms with Crippen molar-refractivity contribution >= 4 is 17.6 Å². The van der Waals surface area contributed by atoms with Gasteiger partial charge in [0.1, 0.15) is 5.76 Å². The van der Waals surface area contributed by atoms with Gasteiger partial charge in [-0.25, -0.2) is 4.79 Å². The molecule has 3 aromatic heterocycles. The third-order valence-corrected chi connectivity index (χ3v) is 4.27. The monoisotopic (exact) mass is 395 g/mol. The SMILES string of the molecule is CC(OC(=O)c1ccc(-c2ccccc2Cl)o1)c1nc(-c2cccnc2)no1. The van der Waals surface area contributed by atoms with E-state index in [4.69, 9.17) is 25.3 Å². The van der Waals surface area contributed by atoms with Gasteiger partial charge in [-0.15, -0.1) is 0 Å². The molecule has 0 fully saturated rings. The van der Waals surface area contributed by atoms with Crippen molar-refractivity contribution in [2.24, 2.45) is 0 Å². The van der Waals surface area contributed by atoms with Gasteiger partial charge in [0.2, 0.25) is 11.6 Å². The third kappa shape index (κ3) is 3.65. The van der Waals surface area contributed by atoms with E-state index in [1.54, 1.807) is 49.6 Å². The summed E-state index contributed by atoms with van der Waals surface area (Å²) in [6.45, 7) is 1.64. The Morgan fingerprint density at radius 3 is 2.79 bits per heavy atom. The summed E-state index contributed by atoms with van der Waals surface area (Å²) in [4.78, 5) is 20.6. The first-order valence-electron chi connectivity index (χ1n) is 8.41. The number of rotatable bonds is 5. The molecule has 1 unspecified atom stereocenters. The topological polar surface area (TPSA) is 91.2 Å². The zero-order chi connectivity index (χ0) is 19.5. The summed E-state index contributed by atoms with van der Waals surface area (Å²) < 4.78 is 16.2. The zero-order valence-corrected chi connectivity index (χ0v) is 15.5. The molecule has 0 N–H and O–H groups in total. The largest absolute Gasteiger partial charge is 0.449 e. The van der Waals surface area contributed by atoms with E-state index in [-0.39, 0.29) is 11.7 Å². The number of carbonyl (C=O) groups excluding carboxylic acids is 1. The molecule has 28 heavy (non-hydrogen) atoms. The van der Waals surface area contributed by atoms with Gasteiger partial charge in [0.25, 0.3) is 5.89 Å². The van der Waals surface area contributed by atoms with E-state index in [1.165, 1.54) is 6.07 Å². The lowest BCUT2D eigenvalue weighted by Gasteiger charge is -2.07. The summed E-state index contributed by atoms with van der Waals surface area (Å²) >= 11 is 6.16. The molecule has 4 rings (SSSR count). The van der Waals surface area contributed by atoms with Crippen LogP contribution >= 0.6 is 11.6 Å². The summed E-state index contributed by atoms with van der Waals surface area (Å²) in [7, 11) is 0. The highest BCUT2D eigenvalue weighted by Gasteiger charge is 2.22. The van der Waals surface area contributed by atoms with Crippen LogP contribution in [-0.4, -0.2) is 21.1 Å². The fraction of sp³-hybridized carbons (Fsp3) is 0.100. The van der Waals surface area contributed by atoms with Crippen molar-refractivity contribution in [3.05, 3.63) is 77.6 Å². The maximum atomic E-state index is 12.4. The molecule has 1 aromatic carbocycles. The molecule has 0 saturated carbocycles. The van der Waals surface area contributed by atoms with Gasteiger partial charge in [-0.1, -0.05) is 28.9 Å². The van der Waals surface area contributed by atoms with Crippen LogP contribution in [0.25, 0.3) is 22.7 Å². The van der Waals surface area contributed by atoms with Crippen molar-refractivity contribution in [2.75, 3.05) is 0 Å². The van der Waals surface area contributed by atoms with Crippen LogP contribution in [0.3, 0.4) is 0 Å². The molecular weight excluding hydrogens is 382 g/mol. The van der Waals surface area contributed by atoms with Gasteiger partial charge in [0.05, 0.1) is 5.02 Å². The minimum absolute atomic E-state index is 0.0498. The highest BCUT2D eigenvalue weighted by atomic mass is 35.5. The number of furan rings is 1. The Kier molecular flexibility index (Phi) is 4.90. The van der Waals surface area contributed by atoms with Gasteiger partial charge < -0.3 is 13.7 Å². The van der Waals surface area contributed by atoms with E-state index in [2.05, 4.69) is 15.1 Å². The molecule has 7 nitrogen and oxygen atoms in total. The van der Waals surface area contributed by atoms with E-state index in [0.717, 1.165) is 0 Å². The Bertz CT molecular complexity index is 1110. The highest BCUT2D eigenvalue weighted by molar-refractivity contribution is 6.33.